The zero-order valence-corrected chi connectivity index (χ0v) is 13.6. The van der Waals surface area contributed by atoms with Gasteiger partial charge in [0.2, 0.25) is 0 Å². The smallest absolute Gasteiger partial charge is 0.323 e. The van der Waals surface area contributed by atoms with Gasteiger partial charge in [-0.15, -0.1) is 0 Å². The van der Waals surface area contributed by atoms with E-state index in [1.807, 2.05) is 24.3 Å². The van der Waals surface area contributed by atoms with Gasteiger partial charge < -0.3 is 5.32 Å². The molecule has 3 rings (SSSR count). The number of nitrogens with one attached hydrogen (secondary N) is 1. The fraction of sp³-hybridized carbons (Fsp3) is 0.500. The van der Waals surface area contributed by atoms with Crippen molar-refractivity contribution in [3.05, 3.63) is 34.3 Å². The van der Waals surface area contributed by atoms with Crippen LogP contribution in [0.1, 0.15) is 38.2 Å². The van der Waals surface area contributed by atoms with Crippen molar-refractivity contribution in [2.45, 2.75) is 44.7 Å². The van der Waals surface area contributed by atoms with Crippen LogP contribution in [0.4, 0.5) is 4.79 Å². The molecule has 1 aliphatic carbocycles. The van der Waals surface area contributed by atoms with Crippen LogP contribution < -0.4 is 5.32 Å². The molecule has 1 aromatic rings. The molecule has 0 aromatic heterocycles. The zero-order chi connectivity index (χ0) is 15.0. The molecule has 1 aliphatic heterocycles. The second-order valence-corrected chi connectivity index (χ2v) is 6.98. The number of amides is 3. The molecule has 1 heterocycles. The van der Waals surface area contributed by atoms with Gasteiger partial charge in [-0.05, 0) is 36.5 Å². The summed E-state index contributed by atoms with van der Waals surface area (Å²) in [6.45, 7) is 2.41. The van der Waals surface area contributed by atoms with Crippen molar-refractivity contribution in [1.29, 1.82) is 0 Å². The van der Waals surface area contributed by atoms with E-state index in [2.05, 4.69) is 28.2 Å². The van der Waals surface area contributed by atoms with Gasteiger partial charge in [-0.25, -0.2) is 4.79 Å². The number of nitrogens with zero attached hydrogens (tertiary/aromatic N) is 1. The number of imide groups is 1. The van der Waals surface area contributed by atoms with E-state index in [0.29, 0.717) is 6.54 Å². The van der Waals surface area contributed by atoms with E-state index in [0.717, 1.165) is 35.7 Å². The summed E-state index contributed by atoms with van der Waals surface area (Å²) in [5.41, 5.74) is 0.298. The van der Waals surface area contributed by atoms with Gasteiger partial charge in [0.05, 0.1) is 6.54 Å². The molecule has 0 radical (unpaired) electrons. The Morgan fingerprint density at radius 1 is 1.29 bits per heavy atom. The van der Waals surface area contributed by atoms with Crippen molar-refractivity contribution in [2.24, 2.45) is 5.92 Å². The summed E-state index contributed by atoms with van der Waals surface area (Å²) in [7, 11) is 0. The maximum absolute atomic E-state index is 12.8. The van der Waals surface area contributed by atoms with Crippen molar-refractivity contribution in [1.82, 2.24) is 10.2 Å². The largest absolute Gasteiger partial charge is 0.325 e. The molecule has 2 aliphatic rings. The van der Waals surface area contributed by atoms with Crippen molar-refractivity contribution in [3.63, 3.8) is 0 Å². The minimum absolute atomic E-state index is 0.0531. The topological polar surface area (TPSA) is 49.4 Å². The van der Waals surface area contributed by atoms with Crippen LogP contribution in [0.5, 0.6) is 0 Å². The Balaban J connectivity index is 1.82. The van der Waals surface area contributed by atoms with Gasteiger partial charge in [0.1, 0.15) is 5.54 Å². The van der Waals surface area contributed by atoms with Crippen LogP contribution in [-0.2, 0) is 11.3 Å². The molecule has 1 N–H and O–H groups in total. The third-order valence-corrected chi connectivity index (χ3v) is 5.28. The summed E-state index contributed by atoms with van der Waals surface area (Å²) >= 11 is 3.39. The van der Waals surface area contributed by atoms with Crippen LogP contribution in [0.15, 0.2) is 28.7 Å². The van der Waals surface area contributed by atoms with Gasteiger partial charge in [-0.1, -0.05) is 47.8 Å². The maximum atomic E-state index is 12.8. The van der Waals surface area contributed by atoms with Gasteiger partial charge in [-0.2, -0.15) is 0 Å². The van der Waals surface area contributed by atoms with Crippen LogP contribution in [0.25, 0.3) is 0 Å². The van der Waals surface area contributed by atoms with Crippen LogP contribution in [0.2, 0.25) is 0 Å². The lowest BCUT2D eigenvalue weighted by Gasteiger charge is -2.36. The van der Waals surface area contributed by atoms with Crippen LogP contribution in [0.3, 0.4) is 0 Å². The van der Waals surface area contributed by atoms with Gasteiger partial charge in [-0.3, -0.25) is 9.69 Å². The Labute approximate surface area is 133 Å². The molecule has 1 saturated carbocycles. The molecule has 1 saturated heterocycles. The molecule has 5 heteroatoms. The van der Waals surface area contributed by atoms with E-state index in [-0.39, 0.29) is 17.9 Å². The second-order valence-electron chi connectivity index (χ2n) is 6.07. The number of hydrogen-bond acceptors (Lipinski definition) is 2. The van der Waals surface area contributed by atoms with Crippen molar-refractivity contribution < 1.29 is 9.59 Å². The maximum Gasteiger partial charge on any atom is 0.325 e. The summed E-state index contributed by atoms with van der Waals surface area (Å²) in [4.78, 5) is 26.4. The third kappa shape index (κ3) is 2.48. The Morgan fingerprint density at radius 3 is 2.67 bits per heavy atom. The van der Waals surface area contributed by atoms with E-state index in [1.54, 1.807) is 0 Å². The first kappa shape index (κ1) is 14.6. The SMILES string of the molecule is C[C@H]1CCCC[C@]12NC(=O)N(Cc1ccc(Br)cc1)C2=O. The number of urea groups is 1. The highest BCUT2D eigenvalue weighted by atomic mass is 79.9. The first-order chi connectivity index (χ1) is 10.0. The Kier molecular flexibility index (Phi) is 3.78. The number of carbonyl (C=O) groups excluding carboxylic acids is 2. The minimum atomic E-state index is -0.662. The molecule has 2 fully saturated rings. The monoisotopic (exact) mass is 350 g/mol. The van der Waals surface area contributed by atoms with Gasteiger partial charge >= 0.3 is 6.03 Å². The summed E-state index contributed by atoms with van der Waals surface area (Å²) in [6.07, 6.45) is 3.90. The molecule has 112 valence electrons. The van der Waals surface area contributed by atoms with Crippen LogP contribution in [-0.4, -0.2) is 22.4 Å². The molecule has 3 amide bonds. The fourth-order valence-corrected chi connectivity index (χ4v) is 3.68. The molecule has 0 bridgehead atoms. The van der Waals surface area contributed by atoms with E-state index in [4.69, 9.17) is 0 Å². The zero-order valence-electron chi connectivity index (χ0n) is 12.1. The Morgan fingerprint density at radius 2 is 2.00 bits per heavy atom. The van der Waals surface area contributed by atoms with Gasteiger partial charge in [0.15, 0.2) is 0 Å². The number of carbonyl (C=O) groups is 2. The predicted molar refractivity (Wildman–Crippen MR) is 83.6 cm³/mol. The number of rotatable bonds is 2. The molecular weight excluding hydrogens is 332 g/mol. The average molecular weight is 351 g/mol. The highest BCUT2D eigenvalue weighted by Gasteiger charge is 2.54. The first-order valence-corrected chi connectivity index (χ1v) is 8.21. The van der Waals surface area contributed by atoms with E-state index < -0.39 is 5.54 Å². The van der Waals surface area contributed by atoms with E-state index >= 15 is 0 Å². The average Bonchev–Trinajstić information content (AvgIpc) is 2.70. The Bertz CT molecular complexity index is 572. The highest BCUT2D eigenvalue weighted by molar-refractivity contribution is 9.10. The Hall–Kier alpha value is -1.36. The lowest BCUT2D eigenvalue weighted by atomic mass is 9.73. The highest BCUT2D eigenvalue weighted by Crippen LogP contribution is 2.38. The third-order valence-electron chi connectivity index (χ3n) is 4.76. The number of hydrogen-bond donors (Lipinski definition) is 1. The van der Waals surface area contributed by atoms with Crippen molar-refractivity contribution >= 4 is 27.9 Å². The molecule has 0 unspecified atom stereocenters. The molecular formula is C16H19BrN2O2. The summed E-state index contributed by atoms with van der Waals surface area (Å²) in [6, 6.07) is 7.45. The molecule has 21 heavy (non-hydrogen) atoms. The predicted octanol–water partition coefficient (Wildman–Crippen LogP) is 3.45. The molecule has 2 atom stereocenters. The molecule has 1 spiro atoms. The number of benzene rings is 1. The quantitative estimate of drug-likeness (QED) is 0.830. The lowest BCUT2D eigenvalue weighted by molar-refractivity contribution is -0.134. The standard InChI is InChI=1S/C16H19BrN2O2/c1-11-4-2-3-9-16(11)14(20)19(15(21)18-16)10-12-5-7-13(17)8-6-12/h5-8,11H,2-4,9-10H2,1H3,(H,18,21)/t11-,16-/m0/s1. The van der Waals surface area contributed by atoms with Crippen molar-refractivity contribution in [3.8, 4) is 0 Å². The molecule has 4 nitrogen and oxygen atoms in total. The fourth-order valence-electron chi connectivity index (χ4n) is 3.41. The van der Waals surface area contributed by atoms with Crippen LogP contribution >= 0.6 is 15.9 Å². The van der Waals surface area contributed by atoms with E-state index in [9.17, 15) is 9.59 Å². The van der Waals surface area contributed by atoms with Crippen molar-refractivity contribution in [2.75, 3.05) is 0 Å². The van der Waals surface area contributed by atoms with Gasteiger partial charge in [0.25, 0.3) is 5.91 Å². The molecule has 1 aromatic carbocycles. The normalized spacial score (nSPS) is 29.0. The number of halogens is 1. The minimum Gasteiger partial charge on any atom is -0.323 e. The second kappa shape index (κ2) is 5.44. The van der Waals surface area contributed by atoms with E-state index in [1.165, 1.54) is 4.90 Å². The lowest BCUT2D eigenvalue weighted by Crippen LogP contribution is -2.53. The summed E-state index contributed by atoms with van der Waals surface area (Å²) in [5, 5.41) is 2.98. The van der Waals surface area contributed by atoms with Crippen LogP contribution in [0, 0.1) is 5.92 Å². The van der Waals surface area contributed by atoms with Gasteiger partial charge in [0, 0.05) is 4.47 Å². The summed E-state index contributed by atoms with van der Waals surface area (Å²) in [5.74, 6) is 0.153. The summed E-state index contributed by atoms with van der Waals surface area (Å²) < 4.78 is 0.987. The first-order valence-electron chi connectivity index (χ1n) is 7.41.